The van der Waals surface area contributed by atoms with E-state index in [2.05, 4.69) is 83.3 Å². The SMILES string of the molecule is ON=C1CC(c2ccccc2)NC(c2ccccc2)C1Cc1ccccc1. The maximum atomic E-state index is 9.83. The maximum absolute atomic E-state index is 9.83. The fourth-order valence-electron chi connectivity index (χ4n) is 4.05. The lowest BCUT2D eigenvalue weighted by Crippen LogP contribution is -2.43. The van der Waals surface area contributed by atoms with Gasteiger partial charge in [0, 0.05) is 24.4 Å². The number of benzene rings is 3. The highest BCUT2D eigenvalue weighted by molar-refractivity contribution is 5.89. The lowest BCUT2D eigenvalue weighted by Gasteiger charge is -2.39. The van der Waals surface area contributed by atoms with Crippen LogP contribution in [0.5, 0.6) is 0 Å². The second-order valence-corrected chi connectivity index (χ2v) is 7.11. The summed E-state index contributed by atoms with van der Waals surface area (Å²) in [4.78, 5) is 0. The number of rotatable bonds is 4. The van der Waals surface area contributed by atoms with E-state index in [1.54, 1.807) is 0 Å². The minimum absolute atomic E-state index is 0.0938. The Kier molecular flexibility index (Phi) is 5.31. The quantitative estimate of drug-likeness (QED) is 0.501. The van der Waals surface area contributed by atoms with Crippen LogP contribution < -0.4 is 5.32 Å². The molecule has 1 aliphatic rings. The van der Waals surface area contributed by atoms with Crippen LogP contribution in [0.1, 0.15) is 35.2 Å². The predicted octanol–water partition coefficient (Wildman–Crippen LogP) is 5.15. The monoisotopic (exact) mass is 356 g/mol. The third-order valence-electron chi connectivity index (χ3n) is 5.41. The smallest absolute Gasteiger partial charge is 0.0642 e. The first-order valence-electron chi connectivity index (χ1n) is 9.46. The van der Waals surface area contributed by atoms with Crippen LogP contribution in [0.3, 0.4) is 0 Å². The first kappa shape index (κ1) is 17.5. The van der Waals surface area contributed by atoms with Crippen LogP contribution in [0.15, 0.2) is 96.2 Å². The molecule has 3 aromatic rings. The summed E-state index contributed by atoms with van der Waals surface area (Å²) in [6.07, 6.45) is 1.55. The minimum Gasteiger partial charge on any atom is -0.411 e. The van der Waals surface area contributed by atoms with Gasteiger partial charge in [-0.3, -0.25) is 0 Å². The van der Waals surface area contributed by atoms with Crippen LogP contribution in [-0.4, -0.2) is 10.9 Å². The van der Waals surface area contributed by atoms with Gasteiger partial charge in [-0.25, -0.2) is 0 Å². The molecule has 27 heavy (non-hydrogen) atoms. The average molecular weight is 356 g/mol. The van der Waals surface area contributed by atoms with Crippen molar-refractivity contribution in [2.24, 2.45) is 11.1 Å². The first-order chi connectivity index (χ1) is 13.3. The molecule has 0 saturated carbocycles. The van der Waals surface area contributed by atoms with Crippen molar-refractivity contribution >= 4 is 5.71 Å². The van der Waals surface area contributed by atoms with Gasteiger partial charge in [-0.1, -0.05) is 96.2 Å². The minimum atomic E-state index is 0.0938. The summed E-state index contributed by atoms with van der Waals surface area (Å²) in [5.74, 6) is 0.111. The second kappa shape index (κ2) is 8.19. The van der Waals surface area contributed by atoms with E-state index in [0.29, 0.717) is 6.42 Å². The van der Waals surface area contributed by atoms with Crippen LogP contribution in [0, 0.1) is 5.92 Å². The summed E-state index contributed by atoms with van der Waals surface area (Å²) in [7, 11) is 0. The summed E-state index contributed by atoms with van der Waals surface area (Å²) in [6, 6.07) is 31.5. The number of oxime groups is 1. The van der Waals surface area contributed by atoms with Crippen LogP contribution >= 0.6 is 0 Å². The second-order valence-electron chi connectivity index (χ2n) is 7.11. The van der Waals surface area contributed by atoms with E-state index in [0.717, 1.165) is 12.1 Å². The molecule has 3 aromatic carbocycles. The third kappa shape index (κ3) is 3.93. The molecule has 136 valence electrons. The summed E-state index contributed by atoms with van der Waals surface area (Å²) < 4.78 is 0. The van der Waals surface area contributed by atoms with Crippen molar-refractivity contribution in [2.75, 3.05) is 0 Å². The zero-order valence-corrected chi connectivity index (χ0v) is 15.2. The summed E-state index contributed by atoms with van der Waals surface area (Å²) in [6.45, 7) is 0. The zero-order valence-electron chi connectivity index (χ0n) is 15.2. The van der Waals surface area contributed by atoms with Crippen molar-refractivity contribution in [1.82, 2.24) is 5.32 Å². The van der Waals surface area contributed by atoms with Crippen molar-refractivity contribution < 1.29 is 5.21 Å². The molecule has 0 aromatic heterocycles. The highest BCUT2D eigenvalue weighted by Crippen LogP contribution is 2.37. The zero-order chi connectivity index (χ0) is 18.5. The molecule has 0 aliphatic carbocycles. The third-order valence-corrected chi connectivity index (χ3v) is 5.41. The van der Waals surface area contributed by atoms with Gasteiger partial charge >= 0.3 is 0 Å². The molecule has 2 N–H and O–H groups in total. The number of piperidine rings is 1. The highest BCUT2D eigenvalue weighted by Gasteiger charge is 2.36. The van der Waals surface area contributed by atoms with E-state index < -0.39 is 0 Å². The summed E-state index contributed by atoms with van der Waals surface area (Å²) in [5.41, 5.74) is 4.56. The Morgan fingerprint density at radius 1 is 0.778 bits per heavy atom. The Bertz CT molecular complexity index is 878. The van der Waals surface area contributed by atoms with E-state index in [1.165, 1.54) is 16.7 Å². The molecular weight excluding hydrogens is 332 g/mol. The van der Waals surface area contributed by atoms with Crippen molar-refractivity contribution in [3.63, 3.8) is 0 Å². The van der Waals surface area contributed by atoms with Crippen LogP contribution in [0.2, 0.25) is 0 Å². The topological polar surface area (TPSA) is 44.6 Å². The molecule has 3 unspecified atom stereocenters. The molecule has 4 rings (SSSR count). The van der Waals surface area contributed by atoms with E-state index in [-0.39, 0.29) is 18.0 Å². The molecule has 1 fully saturated rings. The molecule has 0 radical (unpaired) electrons. The maximum Gasteiger partial charge on any atom is 0.0642 e. The van der Waals surface area contributed by atoms with E-state index >= 15 is 0 Å². The molecule has 0 amide bonds. The van der Waals surface area contributed by atoms with E-state index in [1.807, 2.05) is 18.2 Å². The Labute approximate surface area is 160 Å². The standard InChI is InChI=1S/C24H24N2O/c27-26-23-17-22(19-12-6-2-7-13-19)25-24(20-14-8-3-9-15-20)21(23)16-18-10-4-1-5-11-18/h1-15,21-22,24-25,27H,16-17H2. The molecule has 3 atom stereocenters. The molecule has 3 nitrogen and oxygen atoms in total. The highest BCUT2D eigenvalue weighted by atomic mass is 16.4. The van der Waals surface area contributed by atoms with Gasteiger partial charge in [-0.15, -0.1) is 0 Å². The van der Waals surface area contributed by atoms with Crippen molar-refractivity contribution in [3.05, 3.63) is 108 Å². The Hall–Kier alpha value is -2.91. The van der Waals surface area contributed by atoms with Gasteiger partial charge in [0.1, 0.15) is 0 Å². The largest absolute Gasteiger partial charge is 0.411 e. The first-order valence-corrected chi connectivity index (χ1v) is 9.46. The average Bonchev–Trinajstić information content (AvgIpc) is 2.76. The molecular formula is C24H24N2O. The molecule has 3 heteroatoms. The van der Waals surface area contributed by atoms with Crippen LogP contribution in [0.4, 0.5) is 0 Å². The van der Waals surface area contributed by atoms with Gasteiger partial charge in [0.2, 0.25) is 0 Å². The fraction of sp³-hybridized carbons (Fsp3) is 0.208. The Balaban J connectivity index is 1.70. The molecule has 0 bridgehead atoms. The Morgan fingerprint density at radius 2 is 1.33 bits per heavy atom. The van der Waals surface area contributed by atoms with Crippen LogP contribution in [0.25, 0.3) is 0 Å². The van der Waals surface area contributed by atoms with Gasteiger partial charge in [0.25, 0.3) is 0 Å². The summed E-state index contributed by atoms with van der Waals surface area (Å²) in [5, 5.41) is 17.4. The number of hydrogen-bond donors (Lipinski definition) is 2. The fourth-order valence-corrected chi connectivity index (χ4v) is 4.05. The lowest BCUT2D eigenvalue weighted by atomic mass is 9.77. The van der Waals surface area contributed by atoms with E-state index in [9.17, 15) is 5.21 Å². The van der Waals surface area contributed by atoms with Crippen molar-refractivity contribution in [2.45, 2.75) is 24.9 Å². The molecule has 1 aliphatic heterocycles. The molecule has 1 heterocycles. The van der Waals surface area contributed by atoms with Crippen molar-refractivity contribution in [1.29, 1.82) is 0 Å². The van der Waals surface area contributed by atoms with E-state index in [4.69, 9.17) is 0 Å². The predicted molar refractivity (Wildman–Crippen MR) is 109 cm³/mol. The van der Waals surface area contributed by atoms with Gasteiger partial charge in [0.15, 0.2) is 0 Å². The lowest BCUT2D eigenvalue weighted by molar-refractivity contribution is 0.288. The van der Waals surface area contributed by atoms with Gasteiger partial charge in [0.05, 0.1) is 5.71 Å². The van der Waals surface area contributed by atoms with Gasteiger partial charge in [-0.2, -0.15) is 0 Å². The Morgan fingerprint density at radius 3 is 1.93 bits per heavy atom. The van der Waals surface area contributed by atoms with Crippen molar-refractivity contribution in [3.8, 4) is 0 Å². The van der Waals surface area contributed by atoms with Gasteiger partial charge in [-0.05, 0) is 23.1 Å². The number of hydrogen-bond acceptors (Lipinski definition) is 3. The summed E-state index contributed by atoms with van der Waals surface area (Å²) >= 11 is 0. The van der Waals surface area contributed by atoms with Crippen LogP contribution in [-0.2, 0) is 6.42 Å². The number of nitrogens with zero attached hydrogens (tertiary/aromatic N) is 1. The van der Waals surface area contributed by atoms with Gasteiger partial charge < -0.3 is 10.5 Å². The molecule has 1 saturated heterocycles. The molecule has 0 spiro atoms. The normalized spacial score (nSPS) is 24.0. The number of nitrogens with one attached hydrogen (secondary N) is 1.